The van der Waals surface area contributed by atoms with Gasteiger partial charge in [-0.3, -0.25) is 14.5 Å². The van der Waals surface area contributed by atoms with E-state index in [0.29, 0.717) is 22.4 Å². The standard InChI is InChI=1S/C25H17N3O5S/c1-33-17-10-11-18-19(13-17)34-25(26-18)28-21(15-8-5-9-16(12-15)27-32)20(23(30)24(28)31)22(29)14-6-3-2-4-7-14/h2-13,21,29H,1H3/b22-20+. The van der Waals surface area contributed by atoms with Crippen molar-refractivity contribution in [3.05, 3.63) is 94.4 Å². The van der Waals surface area contributed by atoms with Gasteiger partial charge in [0.2, 0.25) is 0 Å². The number of benzene rings is 3. The molecular formula is C25H17N3O5S. The van der Waals surface area contributed by atoms with E-state index in [4.69, 9.17) is 4.74 Å². The Kier molecular flexibility index (Phi) is 5.39. The molecule has 1 N–H and O–H groups in total. The van der Waals surface area contributed by atoms with Gasteiger partial charge in [0.1, 0.15) is 17.2 Å². The van der Waals surface area contributed by atoms with Gasteiger partial charge in [0.05, 0.1) is 28.9 Å². The van der Waals surface area contributed by atoms with Crippen molar-refractivity contribution >= 4 is 49.8 Å². The molecule has 4 aromatic rings. The molecule has 0 spiro atoms. The van der Waals surface area contributed by atoms with Crippen molar-refractivity contribution < 1.29 is 19.4 Å². The molecule has 1 unspecified atom stereocenters. The number of methoxy groups -OCH3 is 1. The van der Waals surface area contributed by atoms with E-state index in [-0.39, 0.29) is 22.2 Å². The van der Waals surface area contributed by atoms with Crippen molar-refractivity contribution in [1.29, 1.82) is 0 Å². The molecule has 8 nitrogen and oxygen atoms in total. The number of rotatable bonds is 5. The number of ketones is 1. The highest BCUT2D eigenvalue weighted by Gasteiger charge is 2.48. The number of aromatic nitrogens is 1. The Morgan fingerprint density at radius 1 is 1.06 bits per heavy atom. The van der Waals surface area contributed by atoms with Crippen molar-refractivity contribution in [3.63, 3.8) is 0 Å². The van der Waals surface area contributed by atoms with Crippen molar-refractivity contribution in [2.75, 3.05) is 12.0 Å². The monoisotopic (exact) mass is 471 g/mol. The van der Waals surface area contributed by atoms with E-state index < -0.39 is 17.7 Å². The number of carbonyl (C=O) groups excluding carboxylic acids is 2. The predicted molar refractivity (Wildman–Crippen MR) is 129 cm³/mol. The van der Waals surface area contributed by atoms with E-state index in [1.54, 1.807) is 67.8 Å². The molecule has 168 valence electrons. The highest BCUT2D eigenvalue weighted by atomic mass is 32.1. The molecule has 9 heteroatoms. The lowest BCUT2D eigenvalue weighted by Crippen LogP contribution is -2.29. The number of hydrogen-bond donors (Lipinski definition) is 1. The topological polar surface area (TPSA) is 109 Å². The molecule has 1 aromatic heterocycles. The Hall–Kier alpha value is -4.37. The Morgan fingerprint density at radius 3 is 2.59 bits per heavy atom. The van der Waals surface area contributed by atoms with E-state index in [0.717, 1.165) is 4.70 Å². The number of aliphatic hydroxyl groups is 1. The summed E-state index contributed by atoms with van der Waals surface area (Å²) in [6.07, 6.45) is 0. The predicted octanol–water partition coefficient (Wildman–Crippen LogP) is 5.33. The van der Waals surface area contributed by atoms with Crippen LogP contribution in [0.3, 0.4) is 0 Å². The number of aliphatic hydroxyl groups excluding tert-OH is 1. The van der Waals surface area contributed by atoms with Gasteiger partial charge in [-0.2, -0.15) is 0 Å². The van der Waals surface area contributed by atoms with Crippen molar-refractivity contribution in [2.24, 2.45) is 5.18 Å². The number of carbonyl (C=O) groups is 2. The molecule has 1 aliphatic rings. The maximum absolute atomic E-state index is 13.3. The summed E-state index contributed by atoms with van der Waals surface area (Å²) < 4.78 is 6.04. The Labute approximate surface area is 197 Å². The lowest BCUT2D eigenvalue weighted by molar-refractivity contribution is -0.132. The van der Waals surface area contributed by atoms with E-state index >= 15 is 0 Å². The summed E-state index contributed by atoms with van der Waals surface area (Å²) in [5.74, 6) is -1.33. The van der Waals surface area contributed by atoms with Gasteiger partial charge in [0.15, 0.2) is 5.13 Å². The number of hydrogen-bond acceptors (Lipinski definition) is 8. The van der Waals surface area contributed by atoms with Crippen LogP contribution in [0.2, 0.25) is 0 Å². The molecule has 1 aliphatic heterocycles. The van der Waals surface area contributed by atoms with E-state index in [1.807, 2.05) is 0 Å². The molecule has 2 heterocycles. The molecule has 1 saturated heterocycles. The fourth-order valence-corrected chi connectivity index (χ4v) is 4.99. The maximum atomic E-state index is 13.3. The SMILES string of the molecule is COc1ccc2nc(N3C(=O)C(=O)/C(=C(/O)c4ccccc4)C3c3cccc(N=O)c3)sc2c1. The first-order valence-corrected chi connectivity index (χ1v) is 11.1. The van der Waals surface area contributed by atoms with E-state index in [1.165, 1.54) is 28.4 Å². The summed E-state index contributed by atoms with van der Waals surface area (Å²) in [5, 5.41) is 14.4. The van der Waals surface area contributed by atoms with Gasteiger partial charge in [-0.05, 0) is 41.1 Å². The molecule has 5 rings (SSSR count). The highest BCUT2D eigenvalue weighted by molar-refractivity contribution is 7.22. The van der Waals surface area contributed by atoms with Gasteiger partial charge in [-0.1, -0.05) is 53.8 Å². The van der Waals surface area contributed by atoms with Gasteiger partial charge in [-0.15, -0.1) is 4.91 Å². The smallest absolute Gasteiger partial charge is 0.301 e. The fraction of sp³-hybridized carbons (Fsp3) is 0.0800. The summed E-state index contributed by atoms with van der Waals surface area (Å²) >= 11 is 1.22. The lowest BCUT2D eigenvalue weighted by atomic mass is 9.95. The summed E-state index contributed by atoms with van der Waals surface area (Å²) in [6, 6.07) is 19.1. The largest absolute Gasteiger partial charge is 0.507 e. The number of Topliss-reactive ketones (excluding diaryl/α,β-unsaturated/α-hetero) is 1. The van der Waals surface area contributed by atoms with Crippen LogP contribution in [0.5, 0.6) is 5.75 Å². The van der Waals surface area contributed by atoms with Gasteiger partial charge in [0, 0.05) is 5.56 Å². The number of ether oxygens (including phenoxy) is 1. The fourth-order valence-electron chi connectivity index (χ4n) is 3.97. The zero-order valence-corrected chi connectivity index (χ0v) is 18.7. The minimum atomic E-state index is -0.996. The minimum absolute atomic E-state index is 0.0870. The summed E-state index contributed by atoms with van der Waals surface area (Å²) in [5.41, 5.74) is 1.52. The Morgan fingerprint density at radius 2 is 1.85 bits per heavy atom. The molecule has 3 aromatic carbocycles. The van der Waals surface area contributed by atoms with Crippen LogP contribution < -0.4 is 9.64 Å². The average Bonchev–Trinajstić information content (AvgIpc) is 3.41. The second-order valence-corrected chi connectivity index (χ2v) is 8.56. The molecule has 0 saturated carbocycles. The third-order valence-corrected chi connectivity index (χ3v) is 6.59. The van der Waals surface area contributed by atoms with Crippen LogP contribution in [-0.4, -0.2) is 28.9 Å². The molecule has 0 radical (unpaired) electrons. The van der Waals surface area contributed by atoms with E-state index in [2.05, 4.69) is 10.2 Å². The van der Waals surface area contributed by atoms with Gasteiger partial charge in [0.25, 0.3) is 5.78 Å². The molecule has 34 heavy (non-hydrogen) atoms. The number of anilines is 1. The van der Waals surface area contributed by atoms with Crippen LogP contribution in [0.15, 0.2) is 83.5 Å². The maximum Gasteiger partial charge on any atom is 0.301 e. The molecule has 0 aliphatic carbocycles. The van der Waals surface area contributed by atoms with Crippen LogP contribution in [0.25, 0.3) is 16.0 Å². The van der Waals surface area contributed by atoms with Gasteiger partial charge >= 0.3 is 5.91 Å². The van der Waals surface area contributed by atoms with Gasteiger partial charge in [-0.25, -0.2) is 4.98 Å². The van der Waals surface area contributed by atoms with Crippen LogP contribution in [0.4, 0.5) is 10.8 Å². The number of thiazole rings is 1. The third kappa shape index (κ3) is 3.52. The lowest BCUT2D eigenvalue weighted by Gasteiger charge is -2.23. The second kappa shape index (κ2) is 8.53. The third-order valence-electron chi connectivity index (χ3n) is 5.57. The first-order chi connectivity index (χ1) is 16.5. The number of amides is 1. The molecular weight excluding hydrogens is 454 g/mol. The molecule has 1 amide bonds. The molecule has 1 fully saturated rings. The summed E-state index contributed by atoms with van der Waals surface area (Å²) in [7, 11) is 1.55. The molecule has 1 atom stereocenters. The van der Waals surface area contributed by atoms with Crippen molar-refractivity contribution in [3.8, 4) is 5.75 Å². The normalized spacial score (nSPS) is 17.3. The van der Waals surface area contributed by atoms with Crippen LogP contribution in [-0.2, 0) is 9.59 Å². The highest BCUT2D eigenvalue weighted by Crippen LogP contribution is 2.45. The Bertz CT molecular complexity index is 1480. The average molecular weight is 471 g/mol. The van der Waals surface area contributed by atoms with Gasteiger partial charge < -0.3 is 9.84 Å². The second-order valence-electron chi connectivity index (χ2n) is 7.55. The molecule has 0 bridgehead atoms. The van der Waals surface area contributed by atoms with Crippen LogP contribution in [0.1, 0.15) is 17.2 Å². The zero-order chi connectivity index (χ0) is 23.8. The Balaban J connectivity index is 1.74. The van der Waals surface area contributed by atoms with E-state index in [9.17, 15) is 19.6 Å². The summed E-state index contributed by atoms with van der Waals surface area (Å²) in [4.78, 5) is 43.5. The number of nitrogens with zero attached hydrogens (tertiary/aromatic N) is 3. The zero-order valence-electron chi connectivity index (χ0n) is 17.8. The van der Waals surface area contributed by atoms with Crippen molar-refractivity contribution in [1.82, 2.24) is 4.98 Å². The first kappa shape index (κ1) is 21.5. The summed E-state index contributed by atoms with van der Waals surface area (Å²) in [6.45, 7) is 0. The minimum Gasteiger partial charge on any atom is -0.507 e. The van der Waals surface area contributed by atoms with Crippen LogP contribution >= 0.6 is 11.3 Å². The number of fused-ring (bicyclic) bond motifs is 1. The van der Waals surface area contributed by atoms with Crippen molar-refractivity contribution in [2.45, 2.75) is 6.04 Å². The number of nitroso groups, excluding NO2 is 1. The first-order valence-electron chi connectivity index (χ1n) is 10.3. The van der Waals surface area contributed by atoms with Crippen LogP contribution in [0, 0.1) is 4.91 Å². The quantitative estimate of drug-likeness (QED) is 0.182.